The van der Waals surface area contributed by atoms with Crippen molar-refractivity contribution < 1.29 is 9.53 Å². The molecule has 1 aromatic rings. The van der Waals surface area contributed by atoms with Gasteiger partial charge in [-0.2, -0.15) is 0 Å². The highest BCUT2D eigenvalue weighted by Gasteiger charge is 2.22. The van der Waals surface area contributed by atoms with Crippen molar-refractivity contribution in [3.63, 3.8) is 0 Å². The first kappa shape index (κ1) is 17.8. The van der Waals surface area contributed by atoms with Gasteiger partial charge in [0.1, 0.15) is 5.75 Å². The molecule has 5 nitrogen and oxygen atoms in total. The van der Waals surface area contributed by atoms with E-state index in [2.05, 4.69) is 22.5 Å². The van der Waals surface area contributed by atoms with Crippen LogP contribution in [0.4, 0.5) is 0 Å². The second kappa shape index (κ2) is 9.53. The Morgan fingerprint density at radius 2 is 2.09 bits per heavy atom. The van der Waals surface area contributed by atoms with Crippen LogP contribution in [-0.4, -0.2) is 50.1 Å². The molecule has 1 aliphatic heterocycles. The summed E-state index contributed by atoms with van der Waals surface area (Å²) in [5.41, 5.74) is 1.01. The van der Waals surface area contributed by atoms with Gasteiger partial charge in [-0.1, -0.05) is 25.1 Å². The lowest BCUT2D eigenvalue weighted by molar-refractivity contribution is -0.123. The third kappa shape index (κ3) is 5.52. The lowest BCUT2D eigenvalue weighted by Crippen LogP contribution is -2.47. The van der Waals surface area contributed by atoms with E-state index in [4.69, 9.17) is 4.74 Å². The van der Waals surface area contributed by atoms with E-state index >= 15 is 0 Å². The second-order valence-electron chi connectivity index (χ2n) is 6.04. The van der Waals surface area contributed by atoms with Gasteiger partial charge in [0.25, 0.3) is 0 Å². The molecule has 0 saturated carbocycles. The van der Waals surface area contributed by atoms with Crippen LogP contribution in [-0.2, 0) is 11.3 Å². The molecule has 0 spiro atoms. The molecule has 0 aromatic heterocycles. The van der Waals surface area contributed by atoms with Crippen molar-refractivity contribution in [2.45, 2.75) is 38.8 Å². The first-order valence-electron chi connectivity index (χ1n) is 8.58. The molecule has 1 aromatic carbocycles. The lowest BCUT2D eigenvalue weighted by Gasteiger charge is -2.34. The van der Waals surface area contributed by atoms with Gasteiger partial charge in [-0.25, -0.2) is 0 Å². The number of rotatable bonds is 8. The molecule has 1 amide bonds. The van der Waals surface area contributed by atoms with Crippen LogP contribution in [0.25, 0.3) is 0 Å². The fourth-order valence-electron chi connectivity index (χ4n) is 3.13. The van der Waals surface area contributed by atoms with Gasteiger partial charge in [0.05, 0.1) is 13.7 Å². The summed E-state index contributed by atoms with van der Waals surface area (Å²) in [6.07, 6.45) is 3.32. The Morgan fingerprint density at radius 1 is 1.35 bits per heavy atom. The number of methoxy groups -OCH3 is 1. The number of hydrogen-bond acceptors (Lipinski definition) is 4. The summed E-state index contributed by atoms with van der Waals surface area (Å²) in [6.45, 7) is 6.23. The zero-order valence-corrected chi connectivity index (χ0v) is 14.3. The topological polar surface area (TPSA) is 53.6 Å². The molecule has 128 valence electrons. The highest BCUT2D eigenvalue weighted by Crippen LogP contribution is 2.17. The van der Waals surface area contributed by atoms with Crippen molar-refractivity contribution in [2.24, 2.45) is 0 Å². The van der Waals surface area contributed by atoms with E-state index in [9.17, 15) is 4.79 Å². The van der Waals surface area contributed by atoms with Crippen molar-refractivity contribution in [2.75, 3.05) is 33.3 Å². The molecule has 2 N–H and O–H groups in total. The Hall–Kier alpha value is -1.59. The van der Waals surface area contributed by atoms with Crippen LogP contribution in [0.3, 0.4) is 0 Å². The standard InChI is InChI=1S/C18H29N3O2/c1-3-12-21(16-8-10-19-11-9-16)14-18(22)20-13-15-6-4-5-7-17(15)23-2/h4-7,16,19H,3,8-14H2,1-2H3,(H,20,22). The molecule has 5 heteroatoms. The molecule has 0 bridgehead atoms. The molecule has 1 aliphatic rings. The molecule has 1 fully saturated rings. The smallest absolute Gasteiger partial charge is 0.234 e. The number of amides is 1. The van der Waals surface area contributed by atoms with E-state index in [0.29, 0.717) is 19.1 Å². The first-order chi connectivity index (χ1) is 11.2. The van der Waals surface area contributed by atoms with Crippen LogP contribution in [0.1, 0.15) is 31.7 Å². The quantitative estimate of drug-likeness (QED) is 0.767. The fraction of sp³-hybridized carbons (Fsp3) is 0.611. The number of hydrogen-bond donors (Lipinski definition) is 2. The number of piperidine rings is 1. The molecule has 1 heterocycles. The number of carbonyl (C=O) groups is 1. The Kier molecular flexibility index (Phi) is 7.36. The van der Waals surface area contributed by atoms with E-state index < -0.39 is 0 Å². The normalized spacial score (nSPS) is 15.6. The summed E-state index contributed by atoms with van der Waals surface area (Å²) >= 11 is 0. The number of nitrogens with zero attached hydrogens (tertiary/aromatic N) is 1. The summed E-state index contributed by atoms with van der Waals surface area (Å²) < 4.78 is 5.32. The largest absolute Gasteiger partial charge is 0.496 e. The van der Waals surface area contributed by atoms with Gasteiger partial charge >= 0.3 is 0 Å². The summed E-state index contributed by atoms with van der Waals surface area (Å²) in [7, 11) is 1.65. The molecule has 0 radical (unpaired) electrons. The molecule has 0 atom stereocenters. The number of benzene rings is 1. The maximum Gasteiger partial charge on any atom is 0.234 e. The third-order valence-electron chi connectivity index (χ3n) is 4.35. The highest BCUT2D eigenvalue weighted by molar-refractivity contribution is 5.78. The van der Waals surface area contributed by atoms with E-state index in [1.165, 1.54) is 0 Å². The minimum atomic E-state index is 0.0860. The maximum atomic E-state index is 12.3. The van der Waals surface area contributed by atoms with Gasteiger partial charge in [-0.05, 0) is 45.0 Å². The molecule has 1 saturated heterocycles. The van der Waals surface area contributed by atoms with Crippen LogP contribution >= 0.6 is 0 Å². The molecule has 2 rings (SSSR count). The van der Waals surface area contributed by atoms with E-state index in [1.807, 2.05) is 24.3 Å². The zero-order chi connectivity index (χ0) is 16.5. The number of carbonyl (C=O) groups excluding carboxylic acids is 1. The predicted molar refractivity (Wildman–Crippen MR) is 92.6 cm³/mol. The minimum absolute atomic E-state index is 0.0860. The van der Waals surface area contributed by atoms with Crippen LogP contribution in [0, 0.1) is 0 Å². The molecular formula is C18H29N3O2. The average Bonchev–Trinajstić information content (AvgIpc) is 2.60. The van der Waals surface area contributed by atoms with Gasteiger partial charge in [0.15, 0.2) is 0 Å². The Morgan fingerprint density at radius 3 is 2.78 bits per heavy atom. The molecule has 0 unspecified atom stereocenters. The van der Waals surface area contributed by atoms with Gasteiger partial charge in [0.2, 0.25) is 5.91 Å². The third-order valence-corrected chi connectivity index (χ3v) is 4.35. The van der Waals surface area contributed by atoms with Crippen LogP contribution in [0.5, 0.6) is 5.75 Å². The van der Waals surface area contributed by atoms with E-state index in [-0.39, 0.29) is 5.91 Å². The molecular weight excluding hydrogens is 290 g/mol. The van der Waals surface area contributed by atoms with Gasteiger partial charge in [0, 0.05) is 18.2 Å². The van der Waals surface area contributed by atoms with Crippen molar-refractivity contribution >= 4 is 5.91 Å². The fourth-order valence-corrected chi connectivity index (χ4v) is 3.13. The summed E-state index contributed by atoms with van der Waals surface area (Å²) in [5.74, 6) is 0.902. The first-order valence-corrected chi connectivity index (χ1v) is 8.58. The lowest BCUT2D eigenvalue weighted by atomic mass is 10.0. The van der Waals surface area contributed by atoms with E-state index in [1.54, 1.807) is 7.11 Å². The summed E-state index contributed by atoms with van der Waals surface area (Å²) in [6, 6.07) is 8.32. The maximum absolute atomic E-state index is 12.3. The zero-order valence-electron chi connectivity index (χ0n) is 14.3. The summed E-state index contributed by atoms with van der Waals surface area (Å²) in [5, 5.41) is 6.41. The van der Waals surface area contributed by atoms with E-state index in [0.717, 1.165) is 50.2 Å². The van der Waals surface area contributed by atoms with Crippen LogP contribution < -0.4 is 15.4 Å². The van der Waals surface area contributed by atoms with Gasteiger partial charge < -0.3 is 15.4 Å². The Bertz CT molecular complexity index is 487. The SMILES string of the molecule is CCCN(CC(=O)NCc1ccccc1OC)C1CCNCC1. The van der Waals surface area contributed by atoms with Gasteiger partial charge in [-0.15, -0.1) is 0 Å². The highest BCUT2D eigenvalue weighted by atomic mass is 16.5. The van der Waals surface area contributed by atoms with Crippen molar-refractivity contribution in [3.8, 4) is 5.75 Å². The Balaban J connectivity index is 1.86. The number of ether oxygens (including phenoxy) is 1. The molecule has 0 aliphatic carbocycles. The number of para-hydroxylation sites is 1. The molecule has 23 heavy (non-hydrogen) atoms. The van der Waals surface area contributed by atoms with Gasteiger partial charge in [-0.3, -0.25) is 9.69 Å². The van der Waals surface area contributed by atoms with Crippen LogP contribution in [0.2, 0.25) is 0 Å². The van der Waals surface area contributed by atoms with Crippen LogP contribution in [0.15, 0.2) is 24.3 Å². The van der Waals surface area contributed by atoms with Crippen molar-refractivity contribution in [1.82, 2.24) is 15.5 Å². The van der Waals surface area contributed by atoms with Crippen molar-refractivity contribution in [3.05, 3.63) is 29.8 Å². The second-order valence-corrected chi connectivity index (χ2v) is 6.04. The predicted octanol–water partition coefficient (Wildman–Crippen LogP) is 1.78. The summed E-state index contributed by atoms with van der Waals surface area (Å²) in [4.78, 5) is 14.7. The minimum Gasteiger partial charge on any atom is -0.496 e. The number of nitrogens with one attached hydrogen (secondary N) is 2. The van der Waals surface area contributed by atoms with Crippen molar-refractivity contribution in [1.29, 1.82) is 0 Å². The average molecular weight is 319 g/mol. The monoisotopic (exact) mass is 319 g/mol. The Labute approximate surface area is 139 Å².